The van der Waals surface area contributed by atoms with Crippen LogP contribution in [-0.2, 0) is 0 Å². The average molecular weight is 557 g/mol. The van der Waals surface area contributed by atoms with Crippen molar-refractivity contribution in [3.05, 3.63) is 119 Å². The van der Waals surface area contributed by atoms with Crippen LogP contribution in [0.1, 0.15) is 71.1 Å². The number of aromatic carboxylic acids is 1. The summed E-state index contributed by atoms with van der Waals surface area (Å²) in [6.07, 6.45) is 4.83. The Balaban J connectivity index is 1.60. The van der Waals surface area contributed by atoms with E-state index in [4.69, 9.17) is 4.98 Å². The third kappa shape index (κ3) is 4.94. The molecule has 0 bridgehead atoms. The summed E-state index contributed by atoms with van der Waals surface area (Å²) in [5.41, 5.74) is 1.84. The molecule has 1 aliphatic carbocycles. The van der Waals surface area contributed by atoms with Crippen LogP contribution in [-0.4, -0.2) is 25.7 Å². The fraction of sp³-hybridized carbons (Fsp3) is 0.212. The molecule has 5 aromatic rings. The summed E-state index contributed by atoms with van der Waals surface area (Å²) < 4.78 is 47.5. The van der Waals surface area contributed by atoms with E-state index in [0.717, 1.165) is 32.1 Å². The summed E-state index contributed by atoms with van der Waals surface area (Å²) in [5, 5.41) is 20.6. The highest BCUT2D eigenvalue weighted by molar-refractivity contribution is 5.93. The van der Waals surface area contributed by atoms with Crippen LogP contribution in [0.25, 0.3) is 22.4 Å². The zero-order valence-electron chi connectivity index (χ0n) is 22.0. The maximum Gasteiger partial charge on any atom is 0.335 e. The Morgan fingerprint density at radius 1 is 0.854 bits per heavy atom. The lowest BCUT2D eigenvalue weighted by atomic mass is 9.83. The van der Waals surface area contributed by atoms with Crippen LogP contribution in [0.4, 0.5) is 13.2 Å². The smallest absolute Gasteiger partial charge is 0.335 e. The average Bonchev–Trinajstić information content (AvgIpc) is 3.34. The van der Waals surface area contributed by atoms with Gasteiger partial charge in [-0.2, -0.15) is 0 Å². The summed E-state index contributed by atoms with van der Waals surface area (Å²) in [7, 11) is 0. The Labute approximate surface area is 234 Å². The number of carboxylic acids is 1. The van der Waals surface area contributed by atoms with Crippen LogP contribution in [0.15, 0.2) is 78.9 Å². The van der Waals surface area contributed by atoms with Crippen molar-refractivity contribution in [2.75, 3.05) is 0 Å². The van der Waals surface area contributed by atoms with Crippen molar-refractivity contribution in [3.8, 4) is 17.1 Å². The number of imidazole rings is 1. The minimum atomic E-state index is -1.09. The Morgan fingerprint density at radius 3 is 2.12 bits per heavy atom. The minimum absolute atomic E-state index is 0.0262. The Bertz CT molecular complexity index is 1730. The first-order valence-electron chi connectivity index (χ1n) is 13.6. The number of aromatic nitrogens is 2. The van der Waals surface area contributed by atoms with Crippen molar-refractivity contribution in [2.24, 2.45) is 0 Å². The molecule has 0 unspecified atom stereocenters. The van der Waals surface area contributed by atoms with Crippen LogP contribution in [0.5, 0.6) is 5.75 Å². The van der Waals surface area contributed by atoms with E-state index in [9.17, 15) is 23.8 Å². The maximum atomic E-state index is 16.8. The zero-order valence-corrected chi connectivity index (χ0v) is 22.0. The van der Waals surface area contributed by atoms with Gasteiger partial charge in [0.05, 0.1) is 22.2 Å². The standard InChI is InChI=1S/C33H27F3N2O3/c34-22-8-4-6-19(16-22)29(20-7-5-9-23(35)17-20)30-28(39)15-13-25(31(30)36)32-37-26-18-21(33(40)41)12-14-27(26)38(32)24-10-2-1-3-11-24/h4-9,12-18,24,29,39H,1-3,10-11H2,(H,40,41). The highest BCUT2D eigenvalue weighted by Gasteiger charge is 2.30. The lowest BCUT2D eigenvalue weighted by molar-refractivity contribution is 0.0697. The van der Waals surface area contributed by atoms with E-state index in [1.807, 2.05) is 4.57 Å². The predicted molar refractivity (Wildman–Crippen MR) is 150 cm³/mol. The molecule has 6 rings (SSSR count). The lowest BCUT2D eigenvalue weighted by Gasteiger charge is -2.26. The second kappa shape index (κ2) is 10.8. The number of nitrogens with zero attached hydrogens (tertiary/aromatic N) is 2. The molecule has 0 atom stereocenters. The van der Waals surface area contributed by atoms with Crippen LogP contribution < -0.4 is 0 Å². The molecule has 41 heavy (non-hydrogen) atoms. The zero-order chi connectivity index (χ0) is 28.7. The van der Waals surface area contributed by atoms with Crippen molar-refractivity contribution < 1.29 is 28.2 Å². The second-order valence-electron chi connectivity index (χ2n) is 10.5. The number of benzene rings is 4. The van der Waals surface area contributed by atoms with Gasteiger partial charge in [0.15, 0.2) is 0 Å². The second-order valence-corrected chi connectivity index (χ2v) is 10.5. The molecular formula is C33H27F3N2O3. The SMILES string of the molecule is O=C(O)c1ccc2c(c1)nc(-c1ccc(O)c(C(c3cccc(F)c3)c3cccc(F)c3)c1F)n2C1CCCCC1. The van der Waals surface area contributed by atoms with E-state index < -0.39 is 29.3 Å². The quantitative estimate of drug-likeness (QED) is 0.207. The van der Waals surface area contributed by atoms with Gasteiger partial charge in [-0.25, -0.2) is 22.9 Å². The molecule has 1 aliphatic rings. The molecule has 0 amide bonds. The molecule has 8 heteroatoms. The van der Waals surface area contributed by atoms with E-state index in [2.05, 4.69) is 0 Å². The van der Waals surface area contributed by atoms with Crippen LogP contribution in [0.2, 0.25) is 0 Å². The molecule has 0 aliphatic heterocycles. The van der Waals surface area contributed by atoms with Gasteiger partial charge in [-0.05, 0) is 78.6 Å². The first kappa shape index (κ1) is 26.6. The van der Waals surface area contributed by atoms with Crippen LogP contribution in [0.3, 0.4) is 0 Å². The molecule has 1 fully saturated rings. The number of carbonyl (C=O) groups is 1. The highest BCUT2D eigenvalue weighted by atomic mass is 19.1. The van der Waals surface area contributed by atoms with Gasteiger partial charge < -0.3 is 14.8 Å². The Kier molecular flexibility index (Phi) is 6.99. The Hall–Kier alpha value is -4.59. The lowest BCUT2D eigenvalue weighted by Crippen LogP contribution is -2.15. The largest absolute Gasteiger partial charge is 0.508 e. The van der Waals surface area contributed by atoms with Gasteiger partial charge in [-0.1, -0.05) is 43.5 Å². The number of hydrogen-bond donors (Lipinski definition) is 2. The third-order valence-corrected chi connectivity index (χ3v) is 7.93. The number of halogens is 3. The number of carboxylic acid groups (broad SMARTS) is 1. The van der Waals surface area contributed by atoms with Crippen molar-refractivity contribution in [3.63, 3.8) is 0 Å². The van der Waals surface area contributed by atoms with Gasteiger partial charge in [0.2, 0.25) is 0 Å². The Morgan fingerprint density at radius 2 is 1.51 bits per heavy atom. The molecule has 4 aromatic carbocycles. The van der Waals surface area contributed by atoms with Crippen LogP contribution in [0, 0.1) is 17.5 Å². The van der Waals surface area contributed by atoms with Crippen molar-refractivity contribution in [1.82, 2.24) is 9.55 Å². The maximum absolute atomic E-state index is 16.8. The predicted octanol–water partition coefficient (Wildman–Crippen LogP) is 8.21. The molecule has 2 N–H and O–H groups in total. The summed E-state index contributed by atoms with van der Waals surface area (Å²) >= 11 is 0. The van der Waals surface area contributed by atoms with Crippen LogP contribution >= 0.6 is 0 Å². The number of fused-ring (bicyclic) bond motifs is 1. The first-order chi connectivity index (χ1) is 19.8. The van der Waals surface area contributed by atoms with Crippen molar-refractivity contribution >= 4 is 17.0 Å². The summed E-state index contributed by atoms with van der Waals surface area (Å²) in [4.78, 5) is 16.4. The molecule has 1 saturated carbocycles. The first-order valence-corrected chi connectivity index (χ1v) is 13.6. The van der Waals surface area contributed by atoms with Gasteiger partial charge >= 0.3 is 5.97 Å². The molecular weight excluding hydrogens is 529 g/mol. The molecule has 0 saturated heterocycles. The molecule has 0 spiro atoms. The monoisotopic (exact) mass is 556 g/mol. The molecule has 1 aromatic heterocycles. The summed E-state index contributed by atoms with van der Waals surface area (Å²) in [5.74, 6) is -4.03. The fourth-order valence-corrected chi connectivity index (χ4v) is 6.06. The summed E-state index contributed by atoms with van der Waals surface area (Å²) in [6.45, 7) is 0. The van der Waals surface area contributed by atoms with Crippen molar-refractivity contribution in [1.29, 1.82) is 0 Å². The molecule has 5 nitrogen and oxygen atoms in total. The van der Waals surface area contributed by atoms with Crippen molar-refractivity contribution in [2.45, 2.75) is 44.1 Å². The van der Waals surface area contributed by atoms with E-state index in [1.165, 1.54) is 60.7 Å². The van der Waals surface area contributed by atoms with E-state index >= 15 is 4.39 Å². The number of phenolic OH excluding ortho intramolecular Hbond substituents is 1. The van der Waals surface area contributed by atoms with Gasteiger partial charge in [0.25, 0.3) is 0 Å². The number of aromatic hydroxyl groups is 1. The highest BCUT2D eigenvalue weighted by Crippen LogP contribution is 2.43. The van der Waals surface area contributed by atoms with Gasteiger partial charge in [0, 0.05) is 17.5 Å². The topological polar surface area (TPSA) is 75.3 Å². The van der Waals surface area contributed by atoms with Gasteiger partial charge in [-0.3, -0.25) is 0 Å². The minimum Gasteiger partial charge on any atom is -0.508 e. The van der Waals surface area contributed by atoms with E-state index in [-0.39, 0.29) is 28.5 Å². The van der Waals surface area contributed by atoms with Gasteiger partial charge in [0.1, 0.15) is 29.0 Å². The third-order valence-electron chi connectivity index (χ3n) is 7.93. The fourth-order valence-electron chi connectivity index (χ4n) is 6.06. The van der Waals surface area contributed by atoms with E-state index in [0.29, 0.717) is 28.0 Å². The molecule has 1 heterocycles. The molecule has 208 valence electrons. The number of phenols is 1. The number of rotatable bonds is 6. The van der Waals surface area contributed by atoms with E-state index in [1.54, 1.807) is 18.2 Å². The normalized spacial score (nSPS) is 14.1. The number of hydrogen-bond acceptors (Lipinski definition) is 3. The molecule has 0 radical (unpaired) electrons. The summed E-state index contributed by atoms with van der Waals surface area (Å²) in [6, 6.07) is 18.7. The van der Waals surface area contributed by atoms with Gasteiger partial charge in [-0.15, -0.1) is 0 Å².